The van der Waals surface area contributed by atoms with Crippen LogP contribution >= 0.6 is 0 Å². The number of hydrogen-bond donors (Lipinski definition) is 0. The van der Waals surface area contributed by atoms with Crippen LogP contribution in [0.2, 0.25) is 0 Å². The van der Waals surface area contributed by atoms with Crippen molar-refractivity contribution in [2.45, 2.75) is 6.92 Å². The molecule has 4 rings (SSSR count). The van der Waals surface area contributed by atoms with E-state index < -0.39 is 5.97 Å². The Morgan fingerprint density at radius 2 is 1.86 bits per heavy atom. The molecule has 7 heteroatoms. The van der Waals surface area contributed by atoms with Crippen LogP contribution in [0.15, 0.2) is 61.3 Å². The number of aromatic nitrogens is 4. The third kappa shape index (κ3) is 3.29. The van der Waals surface area contributed by atoms with Gasteiger partial charge in [0, 0.05) is 41.5 Å². The highest BCUT2D eigenvalue weighted by Crippen LogP contribution is 2.26. The second kappa shape index (κ2) is 7.48. The van der Waals surface area contributed by atoms with Crippen LogP contribution < -0.4 is 4.74 Å². The maximum absolute atomic E-state index is 12.0. The number of carbonyl (C=O) groups excluding carboxylic acids is 1. The van der Waals surface area contributed by atoms with Gasteiger partial charge in [0.1, 0.15) is 5.75 Å². The molecule has 0 spiro atoms. The van der Waals surface area contributed by atoms with Gasteiger partial charge in [-0.15, -0.1) is 0 Å². The number of pyridine rings is 1. The molecule has 1 aromatic carbocycles. The SMILES string of the molecule is CCOC(=O)c1cncc(-c2cnn3cc(-c4ccc(OC)cc4)cnc23)c1. The molecule has 0 bridgehead atoms. The van der Waals surface area contributed by atoms with E-state index in [0.29, 0.717) is 17.8 Å². The third-order valence-electron chi connectivity index (χ3n) is 4.34. The minimum atomic E-state index is -0.400. The Labute approximate surface area is 161 Å². The van der Waals surface area contributed by atoms with Crippen molar-refractivity contribution in [2.75, 3.05) is 13.7 Å². The summed E-state index contributed by atoms with van der Waals surface area (Å²) < 4.78 is 12.0. The van der Waals surface area contributed by atoms with Crippen molar-refractivity contribution in [3.63, 3.8) is 0 Å². The fourth-order valence-corrected chi connectivity index (χ4v) is 2.92. The van der Waals surface area contributed by atoms with Crippen molar-refractivity contribution in [2.24, 2.45) is 0 Å². The van der Waals surface area contributed by atoms with Gasteiger partial charge in [-0.2, -0.15) is 5.10 Å². The molecular formula is C21H18N4O3. The summed E-state index contributed by atoms with van der Waals surface area (Å²) in [5, 5.41) is 4.41. The zero-order valence-electron chi connectivity index (χ0n) is 15.5. The number of carbonyl (C=O) groups is 1. The molecule has 140 valence electrons. The summed E-state index contributed by atoms with van der Waals surface area (Å²) in [6.45, 7) is 2.08. The van der Waals surface area contributed by atoms with Gasteiger partial charge >= 0.3 is 5.97 Å². The summed E-state index contributed by atoms with van der Waals surface area (Å²) in [5.74, 6) is 0.399. The minimum absolute atomic E-state index is 0.315. The van der Waals surface area contributed by atoms with E-state index in [4.69, 9.17) is 9.47 Å². The van der Waals surface area contributed by atoms with Crippen molar-refractivity contribution in [1.29, 1.82) is 0 Å². The number of methoxy groups -OCH3 is 1. The fourth-order valence-electron chi connectivity index (χ4n) is 2.92. The van der Waals surface area contributed by atoms with Crippen LogP contribution in [0.3, 0.4) is 0 Å². The van der Waals surface area contributed by atoms with Gasteiger partial charge in [-0.05, 0) is 30.7 Å². The van der Waals surface area contributed by atoms with Crippen LogP contribution in [0.1, 0.15) is 17.3 Å². The average molecular weight is 374 g/mol. The lowest BCUT2D eigenvalue weighted by Crippen LogP contribution is -2.05. The van der Waals surface area contributed by atoms with Crippen molar-refractivity contribution in [1.82, 2.24) is 19.6 Å². The summed E-state index contributed by atoms with van der Waals surface area (Å²) in [6, 6.07) is 9.49. The Hall–Kier alpha value is -3.74. The fraction of sp³-hybridized carbons (Fsp3) is 0.143. The van der Waals surface area contributed by atoms with E-state index in [2.05, 4.69) is 15.1 Å². The monoisotopic (exact) mass is 374 g/mol. The predicted octanol–water partition coefficient (Wildman–Crippen LogP) is 3.64. The normalized spacial score (nSPS) is 10.8. The third-order valence-corrected chi connectivity index (χ3v) is 4.34. The van der Waals surface area contributed by atoms with E-state index in [0.717, 1.165) is 28.0 Å². The Morgan fingerprint density at radius 3 is 2.61 bits per heavy atom. The molecule has 0 aliphatic rings. The van der Waals surface area contributed by atoms with Crippen LogP contribution in [0.4, 0.5) is 0 Å². The topological polar surface area (TPSA) is 78.6 Å². The molecular weight excluding hydrogens is 356 g/mol. The summed E-state index contributed by atoms with van der Waals surface area (Å²) in [7, 11) is 1.64. The van der Waals surface area contributed by atoms with Gasteiger partial charge < -0.3 is 9.47 Å². The lowest BCUT2D eigenvalue weighted by molar-refractivity contribution is 0.0526. The van der Waals surface area contributed by atoms with E-state index in [9.17, 15) is 4.79 Å². The Morgan fingerprint density at radius 1 is 1.04 bits per heavy atom. The smallest absolute Gasteiger partial charge is 0.339 e. The molecule has 0 N–H and O–H groups in total. The molecule has 4 aromatic rings. The minimum Gasteiger partial charge on any atom is -0.497 e. The molecule has 0 aliphatic carbocycles. The molecule has 0 amide bonds. The Kier molecular flexibility index (Phi) is 4.72. The van der Waals surface area contributed by atoms with E-state index in [1.165, 1.54) is 6.20 Å². The molecule has 0 aliphatic heterocycles. The van der Waals surface area contributed by atoms with Gasteiger partial charge in [0.15, 0.2) is 5.65 Å². The molecule has 3 heterocycles. The largest absolute Gasteiger partial charge is 0.497 e. The maximum Gasteiger partial charge on any atom is 0.339 e. The maximum atomic E-state index is 12.0. The number of rotatable bonds is 5. The Balaban J connectivity index is 1.70. The molecule has 3 aromatic heterocycles. The highest BCUT2D eigenvalue weighted by molar-refractivity contribution is 5.91. The zero-order valence-corrected chi connectivity index (χ0v) is 15.5. The van der Waals surface area contributed by atoms with Crippen LogP contribution in [0.5, 0.6) is 5.75 Å². The summed E-state index contributed by atoms with van der Waals surface area (Å²) in [4.78, 5) is 20.7. The van der Waals surface area contributed by atoms with Crippen molar-refractivity contribution >= 4 is 11.6 Å². The summed E-state index contributed by atoms with van der Waals surface area (Å²) >= 11 is 0. The zero-order chi connectivity index (χ0) is 19.5. The van der Waals surface area contributed by atoms with Gasteiger partial charge in [-0.25, -0.2) is 14.3 Å². The van der Waals surface area contributed by atoms with Crippen LogP contribution in [-0.4, -0.2) is 39.3 Å². The van der Waals surface area contributed by atoms with E-state index in [1.807, 2.05) is 30.5 Å². The van der Waals surface area contributed by atoms with E-state index in [1.54, 1.807) is 43.2 Å². The summed E-state index contributed by atoms with van der Waals surface area (Å²) in [5.41, 5.74) is 4.57. The lowest BCUT2D eigenvalue weighted by Gasteiger charge is -2.05. The second-order valence-corrected chi connectivity index (χ2v) is 6.08. The van der Waals surface area contributed by atoms with Crippen molar-refractivity contribution in [3.8, 4) is 28.0 Å². The summed E-state index contributed by atoms with van der Waals surface area (Å²) in [6.07, 6.45) is 8.59. The van der Waals surface area contributed by atoms with Crippen molar-refractivity contribution in [3.05, 3.63) is 66.9 Å². The number of hydrogen-bond acceptors (Lipinski definition) is 6. The molecule has 28 heavy (non-hydrogen) atoms. The first-order chi connectivity index (χ1) is 13.7. The van der Waals surface area contributed by atoms with E-state index >= 15 is 0 Å². The van der Waals surface area contributed by atoms with Crippen molar-refractivity contribution < 1.29 is 14.3 Å². The second-order valence-electron chi connectivity index (χ2n) is 6.08. The molecule has 0 unspecified atom stereocenters. The first kappa shape index (κ1) is 17.7. The first-order valence-electron chi connectivity index (χ1n) is 8.80. The highest BCUT2D eigenvalue weighted by Gasteiger charge is 2.13. The van der Waals surface area contributed by atoms with Gasteiger partial charge in [-0.1, -0.05) is 12.1 Å². The lowest BCUT2D eigenvalue weighted by atomic mass is 10.1. The van der Waals surface area contributed by atoms with Crippen LogP contribution in [0.25, 0.3) is 27.9 Å². The standard InChI is InChI=1S/C21H18N4O3/c1-3-28-21(26)16-8-15(9-22-10-16)19-12-24-25-13-17(11-23-20(19)25)14-4-6-18(27-2)7-5-14/h4-13H,3H2,1-2H3. The number of esters is 1. The quantitative estimate of drug-likeness (QED) is 0.496. The highest BCUT2D eigenvalue weighted by atomic mass is 16.5. The number of ether oxygens (including phenoxy) is 2. The van der Waals surface area contributed by atoms with Gasteiger partial charge in [0.05, 0.1) is 25.5 Å². The molecule has 0 atom stereocenters. The van der Waals surface area contributed by atoms with Gasteiger partial charge in [0.2, 0.25) is 0 Å². The first-order valence-corrected chi connectivity index (χ1v) is 8.80. The van der Waals surface area contributed by atoms with Gasteiger partial charge in [-0.3, -0.25) is 4.98 Å². The average Bonchev–Trinajstić information content (AvgIpc) is 3.17. The molecule has 0 saturated heterocycles. The van der Waals surface area contributed by atoms with Crippen LogP contribution in [0, 0.1) is 0 Å². The molecule has 0 radical (unpaired) electrons. The Bertz CT molecular complexity index is 1140. The number of nitrogens with zero attached hydrogens (tertiary/aromatic N) is 4. The van der Waals surface area contributed by atoms with Crippen LogP contribution in [-0.2, 0) is 4.74 Å². The van der Waals surface area contributed by atoms with Gasteiger partial charge in [0.25, 0.3) is 0 Å². The predicted molar refractivity (Wildman–Crippen MR) is 104 cm³/mol. The number of benzene rings is 1. The molecule has 0 saturated carbocycles. The number of fused-ring (bicyclic) bond motifs is 1. The molecule has 0 fully saturated rings. The van der Waals surface area contributed by atoms with E-state index in [-0.39, 0.29) is 0 Å². The molecule has 7 nitrogen and oxygen atoms in total.